The minimum Gasteiger partial charge on any atom is -0.376 e. The summed E-state index contributed by atoms with van der Waals surface area (Å²) < 4.78 is 7.43. The summed E-state index contributed by atoms with van der Waals surface area (Å²) in [4.78, 5) is 30.0. The highest BCUT2D eigenvalue weighted by Crippen LogP contribution is 2.21. The van der Waals surface area contributed by atoms with Crippen LogP contribution in [0.4, 0.5) is 0 Å². The topological polar surface area (TPSA) is 85.2 Å². The number of imidazole rings is 1. The first kappa shape index (κ1) is 21.6. The molecule has 9 heteroatoms. The molecule has 7 nitrogen and oxygen atoms in total. The molecule has 2 aromatic heterocycles. The number of thioether (sulfide) groups is 1. The van der Waals surface area contributed by atoms with Crippen molar-refractivity contribution < 1.29 is 14.3 Å². The van der Waals surface area contributed by atoms with Crippen LogP contribution in [0.2, 0.25) is 0 Å². The minimum atomic E-state index is -0.108. The number of aromatic nitrogens is 2. The van der Waals surface area contributed by atoms with Gasteiger partial charge in [0.25, 0.3) is 5.91 Å². The number of ether oxygens (including phenoxy) is 1. The van der Waals surface area contributed by atoms with Crippen molar-refractivity contribution in [2.24, 2.45) is 0 Å². The lowest BCUT2D eigenvalue weighted by atomic mass is 10.2. The molecule has 4 rings (SSSR count). The van der Waals surface area contributed by atoms with Gasteiger partial charge in [0.15, 0.2) is 5.16 Å². The van der Waals surface area contributed by atoms with Crippen molar-refractivity contribution >= 4 is 34.9 Å². The normalized spacial score (nSPS) is 15.7. The highest BCUT2D eigenvalue weighted by molar-refractivity contribution is 7.99. The third-order valence-electron chi connectivity index (χ3n) is 4.90. The van der Waals surface area contributed by atoms with Gasteiger partial charge in [-0.2, -0.15) is 0 Å². The summed E-state index contributed by atoms with van der Waals surface area (Å²) in [6.45, 7) is 1.86. The number of hydrogen-bond donors (Lipinski definition) is 2. The summed E-state index contributed by atoms with van der Waals surface area (Å²) in [5, 5.41) is 8.56. The number of rotatable bonds is 9. The minimum absolute atomic E-state index is 0.0344. The lowest BCUT2D eigenvalue weighted by Gasteiger charge is -2.11. The van der Waals surface area contributed by atoms with Gasteiger partial charge in [-0.15, -0.1) is 11.3 Å². The van der Waals surface area contributed by atoms with E-state index in [2.05, 4.69) is 15.6 Å². The molecule has 0 unspecified atom stereocenters. The third kappa shape index (κ3) is 5.96. The van der Waals surface area contributed by atoms with Crippen LogP contribution >= 0.6 is 23.1 Å². The fourth-order valence-corrected chi connectivity index (χ4v) is 4.71. The van der Waals surface area contributed by atoms with Gasteiger partial charge in [0.05, 0.1) is 18.4 Å². The van der Waals surface area contributed by atoms with Crippen molar-refractivity contribution in [3.05, 3.63) is 64.6 Å². The monoisotopic (exact) mass is 456 g/mol. The summed E-state index contributed by atoms with van der Waals surface area (Å²) in [7, 11) is 0. The molecule has 1 atom stereocenters. The van der Waals surface area contributed by atoms with Gasteiger partial charge in [-0.1, -0.05) is 17.8 Å². The number of carbonyl (C=O) groups excluding carboxylic acids is 2. The van der Waals surface area contributed by atoms with E-state index < -0.39 is 0 Å². The maximum atomic E-state index is 12.4. The second kappa shape index (κ2) is 10.6. The predicted octanol–water partition coefficient (Wildman–Crippen LogP) is 3.25. The second-order valence-corrected chi connectivity index (χ2v) is 9.09. The van der Waals surface area contributed by atoms with E-state index >= 15 is 0 Å². The molecule has 0 saturated carbocycles. The molecule has 1 aliphatic rings. The molecule has 1 aromatic carbocycles. The van der Waals surface area contributed by atoms with Crippen LogP contribution in [0.3, 0.4) is 0 Å². The summed E-state index contributed by atoms with van der Waals surface area (Å²) in [6.07, 6.45) is 5.74. The Balaban J connectivity index is 1.30. The van der Waals surface area contributed by atoms with Crippen molar-refractivity contribution in [3.63, 3.8) is 0 Å². The number of amides is 2. The zero-order valence-corrected chi connectivity index (χ0v) is 18.6. The Kier molecular flexibility index (Phi) is 7.39. The Morgan fingerprint density at radius 1 is 1.23 bits per heavy atom. The molecule has 1 saturated heterocycles. The standard InChI is InChI=1S/C22H24N4O3S2/c27-20(24-13-18-3-1-11-29-18)15-31-22-23-9-10-26(22)17-7-5-16(6-8-17)21(28)25-14-19-4-2-12-30-19/h2,4-10,12,18H,1,3,11,13-15H2,(H,24,27)(H,25,28)/t18-/m0/s1. The van der Waals surface area contributed by atoms with Crippen LogP contribution in [-0.4, -0.2) is 46.4 Å². The molecule has 1 fully saturated rings. The Morgan fingerprint density at radius 3 is 2.84 bits per heavy atom. The van der Waals surface area contributed by atoms with E-state index in [1.807, 2.05) is 40.4 Å². The number of benzene rings is 1. The average Bonchev–Trinajstić information content (AvgIpc) is 3.57. The number of hydrogen-bond acceptors (Lipinski definition) is 6. The van der Waals surface area contributed by atoms with Crippen LogP contribution in [0.1, 0.15) is 28.1 Å². The van der Waals surface area contributed by atoms with Crippen LogP contribution in [0.25, 0.3) is 5.69 Å². The van der Waals surface area contributed by atoms with E-state index in [1.165, 1.54) is 11.8 Å². The average molecular weight is 457 g/mol. The van der Waals surface area contributed by atoms with Gasteiger partial charge in [-0.05, 0) is 48.6 Å². The fraction of sp³-hybridized carbons (Fsp3) is 0.318. The van der Waals surface area contributed by atoms with Gasteiger partial charge < -0.3 is 15.4 Å². The predicted molar refractivity (Wildman–Crippen MR) is 122 cm³/mol. The number of thiophene rings is 1. The van der Waals surface area contributed by atoms with Crippen molar-refractivity contribution in [2.45, 2.75) is 30.6 Å². The molecule has 0 radical (unpaired) electrons. The van der Waals surface area contributed by atoms with E-state index in [9.17, 15) is 9.59 Å². The first-order chi connectivity index (χ1) is 15.2. The van der Waals surface area contributed by atoms with Crippen molar-refractivity contribution in [1.82, 2.24) is 20.2 Å². The first-order valence-corrected chi connectivity index (χ1v) is 12.0. The van der Waals surface area contributed by atoms with Crippen molar-refractivity contribution in [3.8, 4) is 5.69 Å². The summed E-state index contributed by atoms with van der Waals surface area (Å²) in [6, 6.07) is 11.3. The number of carbonyl (C=O) groups is 2. The molecule has 162 valence electrons. The molecule has 2 N–H and O–H groups in total. The highest BCUT2D eigenvalue weighted by atomic mass is 32.2. The Labute approximate surface area is 189 Å². The molecule has 2 amide bonds. The van der Waals surface area contributed by atoms with Gasteiger partial charge in [0.1, 0.15) is 0 Å². The molecule has 0 aliphatic carbocycles. The van der Waals surface area contributed by atoms with Gasteiger partial charge in [0.2, 0.25) is 5.91 Å². The SMILES string of the molecule is O=C(CSc1nccn1-c1ccc(C(=O)NCc2cccs2)cc1)NC[C@@H]1CCCO1. The van der Waals surface area contributed by atoms with Crippen molar-refractivity contribution in [2.75, 3.05) is 18.9 Å². The van der Waals surface area contributed by atoms with Gasteiger partial charge in [-0.3, -0.25) is 14.2 Å². The Bertz CT molecular complexity index is 996. The number of nitrogens with one attached hydrogen (secondary N) is 2. The smallest absolute Gasteiger partial charge is 0.251 e. The maximum absolute atomic E-state index is 12.4. The molecule has 0 spiro atoms. The lowest BCUT2D eigenvalue weighted by Crippen LogP contribution is -2.32. The second-order valence-electron chi connectivity index (χ2n) is 7.12. The maximum Gasteiger partial charge on any atom is 0.251 e. The molecular formula is C22H24N4O3S2. The zero-order valence-electron chi connectivity index (χ0n) is 17.0. The Hall–Kier alpha value is -2.62. The molecule has 3 aromatic rings. The van der Waals surface area contributed by atoms with Gasteiger partial charge in [0, 0.05) is 41.7 Å². The van der Waals surface area contributed by atoms with E-state index in [-0.39, 0.29) is 23.7 Å². The molecule has 31 heavy (non-hydrogen) atoms. The zero-order chi connectivity index (χ0) is 21.5. The van der Waals surface area contributed by atoms with Crippen LogP contribution in [0.15, 0.2) is 59.3 Å². The van der Waals surface area contributed by atoms with E-state index in [4.69, 9.17) is 4.74 Å². The van der Waals surface area contributed by atoms with Crippen molar-refractivity contribution in [1.29, 1.82) is 0 Å². The van der Waals surface area contributed by atoms with Crippen LogP contribution in [0.5, 0.6) is 0 Å². The first-order valence-electron chi connectivity index (χ1n) is 10.1. The summed E-state index contributed by atoms with van der Waals surface area (Å²) in [5.74, 6) is 0.142. The largest absolute Gasteiger partial charge is 0.376 e. The fourth-order valence-electron chi connectivity index (χ4n) is 3.26. The summed E-state index contributed by atoms with van der Waals surface area (Å²) in [5.41, 5.74) is 1.48. The Morgan fingerprint density at radius 2 is 2.10 bits per heavy atom. The van der Waals surface area contributed by atoms with Crippen LogP contribution < -0.4 is 10.6 Å². The number of nitrogens with zero attached hydrogens (tertiary/aromatic N) is 2. The van der Waals surface area contributed by atoms with Gasteiger partial charge in [-0.25, -0.2) is 4.98 Å². The summed E-state index contributed by atoms with van der Waals surface area (Å²) >= 11 is 2.99. The highest BCUT2D eigenvalue weighted by Gasteiger charge is 2.16. The van der Waals surface area contributed by atoms with Crippen LogP contribution in [0, 0.1) is 0 Å². The lowest BCUT2D eigenvalue weighted by molar-refractivity contribution is -0.119. The molecule has 1 aliphatic heterocycles. The van der Waals surface area contributed by atoms with Crippen LogP contribution in [-0.2, 0) is 16.1 Å². The van der Waals surface area contributed by atoms with E-state index in [1.54, 1.807) is 29.7 Å². The molecule has 3 heterocycles. The quantitative estimate of drug-likeness (QED) is 0.483. The molecular weight excluding hydrogens is 432 g/mol. The van der Waals surface area contributed by atoms with E-state index in [0.29, 0.717) is 18.7 Å². The van der Waals surface area contributed by atoms with E-state index in [0.717, 1.165) is 35.2 Å². The van der Waals surface area contributed by atoms with Gasteiger partial charge >= 0.3 is 0 Å². The molecule has 0 bridgehead atoms. The third-order valence-corrected chi connectivity index (χ3v) is 6.74.